The average Bonchev–Trinajstić information content (AvgIpc) is 2.38. The first kappa shape index (κ1) is 20.2. The fourth-order valence-electron chi connectivity index (χ4n) is 1.21. The molecular formula is C10F13O. The van der Waals surface area contributed by atoms with Crippen LogP contribution >= 0.6 is 0 Å². The lowest BCUT2D eigenvalue weighted by atomic mass is 10.1. The molecule has 0 heterocycles. The minimum absolute atomic E-state index is 0.564. The molecule has 137 valence electrons. The Morgan fingerprint density at radius 1 is 0.625 bits per heavy atom. The molecule has 0 bridgehead atoms. The Kier molecular flexibility index (Phi) is 4.69. The molecule has 1 radical (unpaired) electrons. The third-order valence-electron chi connectivity index (χ3n) is 2.37. The van der Waals surface area contributed by atoms with E-state index in [2.05, 4.69) is 4.74 Å². The summed E-state index contributed by atoms with van der Waals surface area (Å²) < 4.78 is 166. The molecule has 0 N–H and O–H groups in total. The van der Waals surface area contributed by atoms with Crippen LogP contribution in [0.3, 0.4) is 0 Å². The molecule has 1 unspecified atom stereocenters. The number of alkyl halides is 9. The van der Waals surface area contributed by atoms with Crippen LogP contribution in [0.15, 0.2) is 0 Å². The second-order valence-corrected chi connectivity index (χ2v) is 3.98. The van der Waals surface area contributed by atoms with Crippen LogP contribution in [0.2, 0.25) is 0 Å². The molecule has 1 atom stereocenters. The first-order chi connectivity index (χ1) is 10.5. The van der Waals surface area contributed by atoms with E-state index in [1.54, 1.807) is 0 Å². The van der Waals surface area contributed by atoms with Gasteiger partial charge < -0.3 is 4.74 Å². The SMILES string of the molecule is Fc1[c]c(F)c(F)c(OC(F)(C(F)(F)F)C(F)(F)C(F)(F)F)c1F. The summed E-state index contributed by atoms with van der Waals surface area (Å²) in [4.78, 5) is 0. The predicted octanol–water partition coefficient (Wildman–Crippen LogP) is 4.85. The van der Waals surface area contributed by atoms with Crippen molar-refractivity contribution in [1.29, 1.82) is 0 Å². The molecule has 0 saturated heterocycles. The van der Waals surface area contributed by atoms with Crippen molar-refractivity contribution >= 4 is 0 Å². The standard InChI is InChI=1S/C10F13O/c11-2-1-3(12)5(14)6(4(2)13)24-8(17,10(21,22)23)7(15,16)9(18,19)20. The smallest absolute Gasteiger partial charge is 0.439 e. The van der Waals surface area contributed by atoms with E-state index in [0.29, 0.717) is 6.07 Å². The Balaban J connectivity index is 3.65. The molecule has 0 aliphatic carbocycles. The molecule has 1 aromatic carbocycles. The van der Waals surface area contributed by atoms with Crippen molar-refractivity contribution in [2.24, 2.45) is 0 Å². The lowest BCUT2D eigenvalue weighted by Crippen LogP contribution is -2.65. The highest BCUT2D eigenvalue weighted by molar-refractivity contribution is 5.29. The monoisotopic (exact) mass is 383 g/mol. The second-order valence-electron chi connectivity index (χ2n) is 3.98. The highest BCUT2D eigenvalue weighted by Gasteiger charge is 2.84. The Morgan fingerprint density at radius 3 is 1.29 bits per heavy atom. The van der Waals surface area contributed by atoms with Gasteiger partial charge in [-0.25, -0.2) is 8.78 Å². The number of benzene rings is 1. The van der Waals surface area contributed by atoms with E-state index in [-0.39, 0.29) is 0 Å². The third kappa shape index (κ3) is 2.92. The van der Waals surface area contributed by atoms with E-state index >= 15 is 0 Å². The Bertz CT molecular complexity index is 605. The van der Waals surface area contributed by atoms with Crippen molar-refractivity contribution in [3.8, 4) is 5.75 Å². The van der Waals surface area contributed by atoms with Crippen LogP contribution in [0.1, 0.15) is 0 Å². The quantitative estimate of drug-likeness (QED) is 0.536. The molecule has 0 aliphatic rings. The molecular weight excluding hydrogens is 383 g/mol. The first-order valence-electron chi connectivity index (χ1n) is 5.12. The van der Waals surface area contributed by atoms with Gasteiger partial charge in [0, 0.05) is 0 Å². The number of ether oxygens (including phenoxy) is 1. The minimum Gasteiger partial charge on any atom is -0.439 e. The van der Waals surface area contributed by atoms with Gasteiger partial charge in [-0.2, -0.15) is 48.3 Å². The van der Waals surface area contributed by atoms with Crippen LogP contribution in [0, 0.1) is 29.3 Å². The summed E-state index contributed by atoms with van der Waals surface area (Å²) >= 11 is 0. The molecule has 0 amide bonds. The van der Waals surface area contributed by atoms with Gasteiger partial charge in [0.1, 0.15) is 0 Å². The zero-order valence-corrected chi connectivity index (χ0v) is 10.3. The van der Waals surface area contributed by atoms with Gasteiger partial charge in [-0.05, 0) is 0 Å². The zero-order chi connectivity index (χ0) is 19.3. The summed E-state index contributed by atoms with van der Waals surface area (Å²) in [5, 5.41) is 0. The van der Waals surface area contributed by atoms with E-state index in [9.17, 15) is 57.1 Å². The van der Waals surface area contributed by atoms with Crippen LogP contribution in [0.25, 0.3) is 0 Å². The van der Waals surface area contributed by atoms with Crippen LogP contribution in [0.4, 0.5) is 57.1 Å². The van der Waals surface area contributed by atoms with Gasteiger partial charge in [0.25, 0.3) is 0 Å². The van der Waals surface area contributed by atoms with E-state index in [4.69, 9.17) is 0 Å². The van der Waals surface area contributed by atoms with Gasteiger partial charge in [0.2, 0.25) is 17.4 Å². The van der Waals surface area contributed by atoms with Crippen molar-refractivity contribution in [3.63, 3.8) is 0 Å². The number of hydrogen-bond donors (Lipinski definition) is 0. The average molecular weight is 383 g/mol. The summed E-state index contributed by atoms with van der Waals surface area (Å²) in [7, 11) is 0. The van der Waals surface area contributed by atoms with Crippen molar-refractivity contribution in [3.05, 3.63) is 29.3 Å². The summed E-state index contributed by atoms with van der Waals surface area (Å²) in [6.45, 7) is 0. The van der Waals surface area contributed by atoms with Crippen LogP contribution in [0.5, 0.6) is 5.75 Å². The zero-order valence-electron chi connectivity index (χ0n) is 10.3. The van der Waals surface area contributed by atoms with Crippen LogP contribution in [-0.2, 0) is 0 Å². The number of rotatable bonds is 3. The third-order valence-corrected chi connectivity index (χ3v) is 2.37. The molecule has 1 aromatic rings. The molecule has 0 spiro atoms. The van der Waals surface area contributed by atoms with Gasteiger partial charge in [-0.15, -0.1) is 0 Å². The molecule has 0 fully saturated rings. The fourth-order valence-corrected chi connectivity index (χ4v) is 1.21. The van der Waals surface area contributed by atoms with Crippen molar-refractivity contribution in [1.82, 2.24) is 0 Å². The van der Waals surface area contributed by atoms with E-state index in [0.717, 1.165) is 0 Å². The van der Waals surface area contributed by atoms with Crippen LogP contribution in [-0.4, -0.2) is 24.1 Å². The first-order valence-corrected chi connectivity index (χ1v) is 5.12. The number of halogens is 13. The van der Waals surface area contributed by atoms with Crippen LogP contribution < -0.4 is 4.74 Å². The predicted molar refractivity (Wildman–Crippen MR) is 46.6 cm³/mol. The Morgan fingerprint density at radius 2 is 1.00 bits per heavy atom. The summed E-state index contributed by atoms with van der Waals surface area (Å²) in [6, 6.07) is 0.564. The largest absolute Gasteiger partial charge is 0.467 e. The molecule has 1 nitrogen and oxygen atoms in total. The fraction of sp³-hybridized carbons (Fsp3) is 0.400. The maximum absolute atomic E-state index is 13.5. The van der Waals surface area contributed by atoms with E-state index in [1.165, 1.54) is 0 Å². The minimum atomic E-state index is -7.40. The normalized spacial score (nSPS) is 16.0. The van der Waals surface area contributed by atoms with Gasteiger partial charge in [0.05, 0.1) is 6.07 Å². The Hall–Kier alpha value is -1.89. The van der Waals surface area contributed by atoms with E-state index < -0.39 is 53.1 Å². The molecule has 0 aromatic heterocycles. The maximum atomic E-state index is 13.5. The lowest BCUT2D eigenvalue weighted by Gasteiger charge is -2.35. The summed E-state index contributed by atoms with van der Waals surface area (Å²) in [6.07, 6.45) is -14.5. The molecule has 14 heteroatoms. The highest BCUT2D eigenvalue weighted by atomic mass is 19.4. The van der Waals surface area contributed by atoms with Crippen molar-refractivity contribution < 1.29 is 61.8 Å². The molecule has 0 saturated carbocycles. The molecule has 1 rings (SSSR count). The van der Waals surface area contributed by atoms with Gasteiger partial charge in [0.15, 0.2) is 11.6 Å². The van der Waals surface area contributed by atoms with Gasteiger partial charge >= 0.3 is 24.1 Å². The highest BCUT2D eigenvalue weighted by Crippen LogP contribution is 2.53. The molecule has 24 heavy (non-hydrogen) atoms. The van der Waals surface area contributed by atoms with E-state index in [1.807, 2.05) is 0 Å². The van der Waals surface area contributed by atoms with Crippen molar-refractivity contribution in [2.45, 2.75) is 24.1 Å². The maximum Gasteiger partial charge on any atom is 0.467 e. The van der Waals surface area contributed by atoms with Gasteiger partial charge in [-0.3, -0.25) is 0 Å². The van der Waals surface area contributed by atoms with Gasteiger partial charge in [-0.1, -0.05) is 0 Å². The topological polar surface area (TPSA) is 9.23 Å². The molecule has 0 aliphatic heterocycles. The number of hydrogen-bond acceptors (Lipinski definition) is 1. The van der Waals surface area contributed by atoms with Crippen molar-refractivity contribution in [2.75, 3.05) is 0 Å². The second kappa shape index (κ2) is 5.58. The Labute approximate surface area is 122 Å². The summed E-state index contributed by atoms with van der Waals surface area (Å²) in [5.41, 5.74) is 0. The summed E-state index contributed by atoms with van der Waals surface area (Å²) in [5.74, 6) is -29.0. The lowest BCUT2D eigenvalue weighted by molar-refractivity contribution is -0.432.